The summed E-state index contributed by atoms with van der Waals surface area (Å²) in [6.07, 6.45) is 0.662. The number of carboxylic acids is 1. The van der Waals surface area contributed by atoms with Gasteiger partial charge < -0.3 is 14.7 Å². The Hall–Kier alpha value is -2.38. The minimum atomic E-state index is -0.730. The molecular formula is C23H23BrN2O3S. The van der Waals surface area contributed by atoms with Gasteiger partial charge in [0.15, 0.2) is 5.13 Å². The first kappa shape index (κ1) is 20.9. The van der Waals surface area contributed by atoms with Gasteiger partial charge in [0, 0.05) is 28.5 Å². The number of hydrogen-bond donors (Lipinski definition) is 1. The zero-order valence-electron chi connectivity index (χ0n) is 16.9. The van der Waals surface area contributed by atoms with Crippen LogP contribution in [0.2, 0.25) is 0 Å². The lowest BCUT2D eigenvalue weighted by Crippen LogP contribution is -2.22. The number of ether oxygens (including phenoxy) is 1. The van der Waals surface area contributed by atoms with E-state index in [4.69, 9.17) is 9.72 Å². The monoisotopic (exact) mass is 486 g/mol. The van der Waals surface area contributed by atoms with Crippen LogP contribution in [-0.2, 0) is 11.4 Å². The van der Waals surface area contributed by atoms with E-state index in [1.54, 1.807) is 11.3 Å². The number of anilines is 1. The molecule has 156 valence electrons. The van der Waals surface area contributed by atoms with Crippen LogP contribution in [0.1, 0.15) is 23.1 Å². The molecule has 0 bridgehead atoms. The summed E-state index contributed by atoms with van der Waals surface area (Å²) in [5.41, 5.74) is 5.27. The van der Waals surface area contributed by atoms with Crippen LogP contribution in [0.4, 0.5) is 5.13 Å². The maximum Gasteiger partial charge on any atom is 0.308 e. The number of halogens is 1. The van der Waals surface area contributed by atoms with Crippen LogP contribution < -0.4 is 9.64 Å². The van der Waals surface area contributed by atoms with E-state index in [2.05, 4.69) is 52.9 Å². The van der Waals surface area contributed by atoms with Gasteiger partial charge in [-0.3, -0.25) is 4.79 Å². The van der Waals surface area contributed by atoms with Gasteiger partial charge in [-0.2, -0.15) is 0 Å². The van der Waals surface area contributed by atoms with Crippen LogP contribution >= 0.6 is 27.3 Å². The summed E-state index contributed by atoms with van der Waals surface area (Å²) in [5, 5.41) is 12.1. The molecule has 2 heterocycles. The molecule has 4 rings (SSSR count). The van der Waals surface area contributed by atoms with Crippen molar-refractivity contribution in [3.8, 4) is 17.0 Å². The Morgan fingerprint density at radius 3 is 2.87 bits per heavy atom. The van der Waals surface area contributed by atoms with Gasteiger partial charge in [-0.25, -0.2) is 4.98 Å². The van der Waals surface area contributed by atoms with Gasteiger partial charge in [0.1, 0.15) is 12.4 Å². The lowest BCUT2D eigenvalue weighted by molar-refractivity contribution is -0.140. The molecule has 1 aliphatic heterocycles. The largest absolute Gasteiger partial charge is 0.488 e. The number of aliphatic carboxylic acids is 1. The summed E-state index contributed by atoms with van der Waals surface area (Å²) in [5.74, 6) is -0.249. The molecule has 0 aliphatic carbocycles. The van der Waals surface area contributed by atoms with Gasteiger partial charge in [0.25, 0.3) is 0 Å². The summed E-state index contributed by atoms with van der Waals surface area (Å²) in [4.78, 5) is 18.1. The summed E-state index contributed by atoms with van der Waals surface area (Å²) in [7, 11) is 0. The number of rotatable bonds is 6. The van der Waals surface area contributed by atoms with Crippen molar-refractivity contribution in [2.45, 2.75) is 26.9 Å². The fourth-order valence-corrected chi connectivity index (χ4v) is 4.95. The van der Waals surface area contributed by atoms with Crippen molar-refractivity contribution in [3.63, 3.8) is 0 Å². The third-order valence-electron chi connectivity index (χ3n) is 5.40. The van der Waals surface area contributed by atoms with Crippen molar-refractivity contribution in [2.75, 3.05) is 18.0 Å². The lowest BCUT2D eigenvalue weighted by atomic mass is 10.1. The van der Waals surface area contributed by atoms with Gasteiger partial charge in [-0.1, -0.05) is 33.6 Å². The average Bonchev–Trinajstić information content (AvgIpc) is 3.38. The molecule has 1 N–H and O–H groups in total. The van der Waals surface area contributed by atoms with E-state index in [-0.39, 0.29) is 5.92 Å². The second kappa shape index (κ2) is 8.78. The van der Waals surface area contributed by atoms with E-state index in [1.807, 2.05) is 23.6 Å². The van der Waals surface area contributed by atoms with Crippen LogP contribution in [0, 0.1) is 19.8 Å². The smallest absolute Gasteiger partial charge is 0.308 e. The number of aryl methyl sites for hydroxylation is 2. The van der Waals surface area contributed by atoms with Crippen molar-refractivity contribution in [3.05, 3.63) is 62.9 Å². The number of thiazole rings is 1. The first-order chi connectivity index (χ1) is 14.4. The third kappa shape index (κ3) is 4.52. The fourth-order valence-electron chi connectivity index (χ4n) is 3.62. The maximum absolute atomic E-state index is 11.3. The van der Waals surface area contributed by atoms with E-state index in [9.17, 15) is 9.90 Å². The molecule has 1 unspecified atom stereocenters. The second-order valence-electron chi connectivity index (χ2n) is 7.64. The zero-order valence-corrected chi connectivity index (χ0v) is 19.3. The molecule has 7 heteroatoms. The first-order valence-corrected chi connectivity index (χ1v) is 11.5. The molecule has 0 spiro atoms. The molecular weight excluding hydrogens is 464 g/mol. The molecule has 3 aromatic rings. The molecule has 0 amide bonds. The molecule has 0 saturated carbocycles. The number of aromatic nitrogens is 1. The molecule has 1 aliphatic rings. The van der Waals surface area contributed by atoms with Gasteiger partial charge in [0.2, 0.25) is 0 Å². The highest BCUT2D eigenvalue weighted by atomic mass is 79.9. The van der Waals surface area contributed by atoms with Crippen LogP contribution in [0.15, 0.2) is 46.3 Å². The van der Waals surface area contributed by atoms with Gasteiger partial charge in [-0.15, -0.1) is 11.3 Å². The average molecular weight is 487 g/mol. The van der Waals surface area contributed by atoms with E-state index in [0.29, 0.717) is 19.6 Å². The van der Waals surface area contributed by atoms with Crippen molar-refractivity contribution in [2.24, 2.45) is 5.92 Å². The van der Waals surface area contributed by atoms with Crippen LogP contribution in [-0.4, -0.2) is 29.1 Å². The minimum Gasteiger partial charge on any atom is -0.488 e. The Bertz CT molecular complexity index is 1080. The number of nitrogens with zero attached hydrogens (tertiary/aromatic N) is 2. The van der Waals surface area contributed by atoms with Crippen molar-refractivity contribution < 1.29 is 14.6 Å². The van der Waals surface area contributed by atoms with Crippen LogP contribution in [0.5, 0.6) is 5.75 Å². The molecule has 1 fully saturated rings. The Kier molecular flexibility index (Phi) is 6.11. The summed E-state index contributed by atoms with van der Waals surface area (Å²) in [6, 6.07) is 12.3. The molecule has 0 radical (unpaired) electrons. The van der Waals surface area contributed by atoms with Crippen LogP contribution in [0.3, 0.4) is 0 Å². The fraction of sp³-hybridized carbons (Fsp3) is 0.304. The maximum atomic E-state index is 11.3. The SMILES string of the molecule is Cc1ccc(OCc2ccc(Br)cc2C)c(-c2csc(N3CCC(C(=O)O)C3)n2)c1. The Labute approximate surface area is 188 Å². The quantitative estimate of drug-likeness (QED) is 0.485. The standard InChI is InChI=1S/C23H23BrN2O3S/c1-14-3-6-21(29-12-17-4-5-18(24)10-15(17)2)19(9-14)20-13-30-23(25-20)26-8-7-16(11-26)22(27)28/h3-6,9-10,13,16H,7-8,11-12H2,1-2H3,(H,27,28). The Balaban J connectivity index is 1.55. The highest BCUT2D eigenvalue weighted by Crippen LogP contribution is 2.36. The molecule has 2 aromatic carbocycles. The predicted octanol–water partition coefficient (Wildman–Crippen LogP) is 5.68. The molecule has 1 saturated heterocycles. The molecule has 1 atom stereocenters. The van der Waals surface area contributed by atoms with Gasteiger partial charge >= 0.3 is 5.97 Å². The second-order valence-corrected chi connectivity index (χ2v) is 9.40. The number of hydrogen-bond acceptors (Lipinski definition) is 5. The lowest BCUT2D eigenvalue weighted by Gasteiger charge is -2.14. The summed E-state index contributed by atoms with van der Waals surface area (Å²) >= 11 is 5.05. The normalized spacial score (nSPS) is 16.1. The number of carbonyl (C=O) groups is 1. The zero-order chi connectivity index (χ0) is 21.3. The van der Waals surface area contributed by atoms with Crippen molar-refractivity contribution >= 4 is 38.4 Å². The highest BCUT2D eigenvalue weighted by Gasteiger charge is 2.29. The van der Waals surface area contributed by atoms with Gasteiger partial charge in [0.05, 0.1) is 11.6 Å². The number of carboxylic acid groups (broad SMARTS) is 1. The molecule has 1 aromatic heterocycles. The first-order valence-electron chi connectivity index (χ1n) is 9.83. The van der Waals surface area contributed by atoms with Crippen molar-refractivity contribution in [1.29, 1.82) is 0 Å². The predicted molar refractivity (Wildman–Crippen MR) is 123 cm³/mol. The minimum absolute atomic E-state index is 0.315. The van der Waals surface area contributed by atoms with E-state index < -0.39 is 5.97 Å². The molecule has 5 nitrogen and oxygen atoms in total. The topological polar surface area (TPSA) is 62.7 Å². The van der Waals surface area contributed by atoms with Crippen molar-refractivity contribution in [1.82, 2.24) is 4.98 Å². The number of benzene rings is 2. The van der Waals surface area contributed by atoms with E-state index >= 15 is 0 Å². The van der Waals surface area contributed by atoms with E-state index in [0.717, 1.165) is 44.3 Å². The summed E-state index contributed by atoms with van der Waals surface area (Å²) in [6.45, 7) is 5.86. The highest BCUT2D eigenvalue weighted by molar-refractivity contribution is 9.10. The van der Waals surface area contributed by atoms with E-state index in [1.165, 1.54) is 5.56 Å². The summed E-state index contributed by atoms with van der Waals surface area (Å²) < 4.78 is 7.25. The Morgan fingerprint density at radius 2 is 2.13 bits per heavy atom. The Morgan fingerprint density at radius 1 is 1.30 bits per heavy atom. The van der Waals surface area contributed by atoms with Gasteiger partial charge in [-0.05, 0) is 55.7 Å². The van der Waals surface area contributed by atoms with Crippen LogP contribution in [0.25, 0.3) is 11.3 Å². The molecule has 30 heavy (non-hydrogen) atoms. The third-order valence-corrected chi connectivity index (χ3v) is 6.79.